The average Bonchev–Trinajstić information content (AvgIpc) is 3.04. The molecule has 1 aromatic rings. The topological polar surface area (TPSA) is 201 Å². The van der Waals surface area contributed by atoms with Crippen LogP contribution in [0.15, 0.2) is 21.9 Å². The number of H-pyrrole nitrogens is 1. The molecule has 0 aliphatic carbocycles. The van der Waals surface area contributed by atoms with Crippen LogP contribution in [0, 0.1) is 11.3 Å². The van der Waals surface area contributed by atoms with Crippen LogP contribution in [0.5, 0.6) is 0 Å². The van der Waals surface area contributed by atoms with E-state index in [-0.39, 0.29) is 19.0 Å². The monoisotopic (exact) mass is 500 g/mol. The largest absolute Gasteiger partial charge is 0.472 e. The van der Waals surface area contributed by atoms with Gasteiger partial charge in [-0.15, -0.1) is 11.8 Å². The highest BCUT2D eigenvalue weighted by atomic mass is 32.2. The van der Waals surface area contributed by atoms with E-state index in [2.05, 4.69) is 0 Å². The lowest BCUT2D eigenvalue weighted by molar-refractivity contribution is -0.0539. The minimum atomic E-state index is -4.52. The molecule has 32 heavy (non-hydrogen) atoms. The predicted molar refractivity (Wildman–Crippen MR) is 113 cm³/mol. The lowest BCUT2D eigenvalue weighted by atomic mass is 9.96. The highest BCUT2D eigenvalue weighted by Crippen LogP contribution is 2.45. The number of aromatic nitrogens is 2. The number of phosphoric acid groups is 1. The third-order valence-electron chi connectivity index (χ3n) is 4.95. The second-order valence-corrected chi connectivity index (χ2v) is 10.5. The third-order valence-corrected chi connectivity index (χ3v) is 7.29. The molecule has 0 aromatic carbocycles. The zero-order valence-corrected chi connectivity index (χ0v) is 19.3. The second-order valence-electron chi connectivity index (χ2n) is 7.89. The summed E-state index contributed by atoms with van der Waals surface area (Å²) >= 11 is 1.03. The van der Waals surface area contributed by atoms with E-state index in [1.807, 2.05) is 4.98 Å². The molecule has 2 rings (SSSR count). The summed E-state index contributed by atoms with van der Waals surface area (Å²) in [6.45, 7) is 1.76. The summed E-state index contributed by atoms with van der Waals surface area (Å²) in [5.41, 5.74) is -3.14. The number of ether oxygens (including phenoxy) is 1. The maximum absolute atomic E-state index is 12.1. The Bertz CT molecular complexity index is 907. The molecule has 13 nitrogen and oxygen atoms in total. The Labute approximate surface area is 187 Å². The molecule has 6 atom stereocenters. The van der Waals surface area contributed by atoms with E-state index >= 15 is 0 Å². The van der Waals surface area contributed by atoms with Crippen molar-refractivity contribution in [1.82, 2.24) is 9.55 Å². The molecule has 15 heteroatoms. The van der Waals surface area contributed by atoms with Gasteiger partial charge in [-0.05, 0) is 0 Å². The van der Waals surface area contributed by atoms with Crippen molar-refractivity contribution >= 4 is 19.6 Å². The van der Waals surface area contributed by atoms with Crippen LogP contribution in [0.1, 0.15) is 20.1 Å². The molecule has 2 heterocycles. The molecule has 2 unspecified atom stereocenters. The molecular formula is C17H29N2O11PS. The highest BCUT2D eigenvalue weighted by molar-refractivity contribution is 7.99. The van der Waals surface area contributed by atoms with Gasteiger partial charge in [-0.1, -0.05) is 13.8 Å². The minimum absolute atomic E-state index is 0.146. The first-order valence-electron chi connectivity index (χ1n) is 9.70. The Hall–Kier alpha value is -1.06. The van der Waals surface area contributed by atoms with Gasteiger partial charge < -0.3 is 30.1 Å². The van der Waals surface area contributed by atoms with Gasteiger partial charge in [-0.3, -0.25) is 23.4 Å². The van der Waals surface area contributed by atoms with Gasteiger partial charge in [0.05, 0.1) is 32.5 Å². The average molecular weight is 500 g/mol. The molecule has 0 bridgehead atoms. The number of nitrogens with zero attached hydrogens (tertiary/aromatic N) is 1. The summed E-state index contributed by atoms with van der Waals surface area (Å²) in [6.07, 6.45) is -2.54. The van der Waals surface area contributed by atoms with Gasteiger partial charge in [0, 0.05) is 29.3 Å². The molecule has 1 aliphatic rings. The van der Waals surface area contributed by atoms with Crippen LogP contribution in [0.4, 0.5) is 0 Å². The number of hydrogen-bond donors (Lipinski definition) is 6. The number of aromatic amines is 1. The number of aliphatic hydroxyl groups excluding tert-OH is 4. The molecule has 0 radical (unpaired) electrons. The summed E-state index contributed by atoms with van der Waals surface area (Å²) in [7, 11) is -4.52. The smallest absolute Gasteiger partial charge is 0.396 e. The first kappa shape index (κ1) is 27.2. The summed E-state index contributed by atoms with van der Waals surface area (Å²) < 4.78 is 28.3. The first-order chi connectivity index (χ1) is 14.9. The van der Waals surface area contributed by atoms with Crippen molar-refractivity contribution in [1.29, 1.82) is 0 Å². The van der Waals surface area contributed by atoms with Crippen molar-refractivity contribution in [2.45, 2.75) is 37.7 Å². The van der Waals surface area contributed by atoms with Crippen molar-refractivity contribution in [3.8, 4) is 0 Å². The first-order valence-corrected chi connectivity index (χ1v) is 12.2. The molecule has 0 amide bonds. The number of thioether (sulfide) groups is 1. The van der Waals surface area contributed by atoms with Gasteiger partial charge in [0.15, 0.2) is 6.23 Å². The molecule has 6 N–H and O–H groups in total. The van der Waals surface area contributed by atoms with E-state index in [1.165, 1.54) is 0 Å². The molecule has 0 spiro atoms. The van der Waals surface area contributed by atoms with Gasteiger partial charge in [-0.2, -0.15) is 0 Å². The number of phosphoric ester groups is 1. The highest BCUT2D eigenvalue weighted by Gasteiger charge is 2.45. The Morgan fingerprint density at radius 2 is 2.03 bits per heavy atom. The third kappa shape index (κ3) is 6.97. The fraction of sp³-hybridized carbons (Fsp3) is 0.765. The maximum Gasteiger partial charge on any atom is 0.472 e. The Morgan fingerprint density at radius 3 is 2.62 bits per heavy atom. The Kier molecular flexibility index (Phi) is 9.67. The van der Waals surface area contributed by atoms with E-state index in [9.17, 15) is 39.5 Å². The van der Waals surface area contributed by atoms with Crippen LogP contribution in [-0.2, 0) is 18.3 Å². The Morgan fingerprint density at radius 1 is 1.34 bits per heavy atom. The van der Waals surface area contributed by atoms with Gasteiger partial charge in [0.25, 0.3) is 5.56 Å². The van der Waals surface area contributed by atoms with Crippen molar-refractivity contribution in [3.63, 3.8) is 0 Å². The van der Waals surface area contributed by atoms with Gasteiger partial charge in [-0.25, -0.2) is 9.36 Å². The van der Waals surface area contributed by atoms with E-state index in [0.717, 1.165) is 28.6 Å². The maximum atomic E-state index is 12.1. The zero-order chi connectivity index (χ0) is 24.1. The van der Waals surface area contributed by atoms with Gasteiger partial charge >= 0.3 is 13.5 Å². The van der Waals surface area contributed by atoms with Crippen molar-refractivity contribution in [2.75, 3.05) is 32.2 Å². The van der Waals surface area contributed by atoms with Crippen LogP contribution in [-0.4, -0.2) is 84.7 Å². The Balaban J connectivity index is 1.90. The minimum Gasteiger partial charge on any atom is -0.396 e. The van der Waals surface area contributed by atoms with Gasteiger partial charge in [0.1, 0.15) is 11.5 Å². The fourth-order valence-corrected chi connectivity index (χ4v) is 4.64. The number of hydrogen-bond acceptors (Lipinski definition) is 11. The normalized spacial score (nSPS) is 26.7. The van der Waals surface area contributed by atoms with Crippen molar-refractivity contribution in [2.24, 2.45) is 11.3 Å². The molecule has 1 aromatic heterocycles. The molecule has 1 saturated heterocycles. The van der Waals surface area contributed by atoms with E-state index < -0.39 is 67.5 Å². The number of nitrogens with one attached hydrogen (secondary N) is 1. The summed E-state index contributed by atoms with van der Waals surface area (Å²) in [5, 5.41) is 39.2. The molecule has 184 valence electrons. The molecular weight excluding hydrogens is 471 g/mol. The van der Waals surface area contributed by atoms with E-state index in [4.69, 9.17) is 13.8 Å². The standard InChI is InChI=1S/C17H29N2O11PS/c1-17(2,9-21)15(24)32-6-5-28-31(26,27)29-8-11-10(7-20)13(23)14(30-11)19-4-3-12(22)18-16(19)25/h3-4,10-11,13-15,20-21,23-24H,5-9H2,1-2H3,(H,26,27)(H,18,22,25)/t10-,11-,13-,14-,15?/m1/s1. The van der Waals surface area contributed by atoms with Crippen LogP contribution >= 0.6 is 19.6 Å². The summed E-state index contributed by atoms with van der Waals surface area (Å²) in [5.74, 6) is -0.793. The van der Waals surface area contributed by atoms with Crippen LogP contribution < -0.4 is 11.2 Å². The quantitative estimate of drug-likeness (QED) is 0.112. The number of aliphatic hydroxyl groups is 4. The SMILES string of the molecule is CC(C)(CO)C(O)SCCOP(=O)(O)OC[C@H]1O[C@@H](n2ccc(=O)[nH]c2=O)[C@H](O)[C@@H]1CO. The van der Waals surface area contributed by atoms with Crippen molar-refractivity contribution < 1.29 is 43.7 Å². The predicted octanol–water partition coefficient (Wildman–Crippen LogP) is -1.39. The van der Waals surface area contributed by atoms with Crippen LogP contribution in [0.2, 0.25) is 0 Å². The zero-order valence-electron chi connectivity index (χ0n) is 17.6. The van der Waals surface area contributed by atoms with Crippen LogP contribution in [0.3, 0.4) is 0 Å². The molecule has 1 aliphatic heterocycles. The lowest BCUT2D eigenvalue weighted by Gasteiger charge is -2.27. The van der Waals surface area contributed by atoms with E-state index in [0.29, 0.717) is 0 Å². The van der Waals surface area contributed by atoms with E-state index in [1.54, 1.807) is 13.8 Å². The molecule has 1 fully saturated rings. The molecule has 0 saturated carbocycles. The van der Waals surface area contributed by atoms with Crippen molar-refractivity contribution in [3.05, 3.63) is 33.1 Å². The lowest BCUT2D eigenvalue weighted by Crippen LogP contribution is -2.36. The van der Waals surface area contributed by atoms with Crippen LogP contribution in [0.25, 0.3) is 0 Å². The second kappa shape index (κ2) is 11.4. The fourth-order valence-electron chi connectivity index (χ4n) is 2.86. The summed E-state index contributed by atoms with van der Waals surface area (Å²) in [4.78, 5) is 35.0. The number of rotatable bonds is 12. The van der Waals surface area contributed by atoms with Gasteiger partial charge in [0.2, 0.25) is 0 Å². The summed E-state index contributed by atoms with van der Waals surface area (Å²) in [6, 6.07) is 1.06.